The van der Waals surface area contributed by atoms with Crippen LogP contribution in [0.2, 0.25) is 5.02 Å². The minimum atomic E-state index is -0.706. The van der Waals surface area contributed by atoms with E-state index in [-0.39, 0.29) is 17.3 Å². The van der Waals surface area contributed by atoms with Crippen molar-refractivity contribution in [3.63, 3.8) is 0 Å². The first kappa shape index (κ1) is 11.1. The number of ether oxygens (including phenoxy) is 1. The van der Waals surface area contributed by atoms with Gasteiger partial charge >= 0.3 is 5.97 Å². The molecule has 0 radical (unpaired) electrons. The Balaban J connectivity index is 1.91. The summed E-state index contributed by atoms with van der Waals surface area (Å²) in [6, 6.07) is 7.51. The summed E-state index contributed by atoms with van der Waals surface area (Å²) >= 11 is 5.85. The quantitative estimate of drug-likeness (QED) is 0.880. The largest absolute Gasteiger partial charge is 0.481 e. The Bertz CT molecular complexity index is 450. The predicted octanol–water partition coefficient (Wildman–Crippen LogP) is 2.54. The number of rotatable bonds is 2. The Morgan fingerprint density at radius 1 is 1.35 bits per heavy atom. The molecule has 3 nitrogen and oxygen atoms in total. The highest BCUT2D eigenvalue weighted by molar-refractivity contribution is 6.30. The van der Waals surface area contributed by atoms with Crippen molar-refractivity contribution in [3.05, 3.63) is 34.9 Å². The van der Waals surface area contributed by atoms with E-state index in [1.165, 1.54) is 0 Å². The fraction of sp³-hybridized carbons (Fsp3) is 0.462. The Kier molecular flexibility index (Phi) is 2.42. The maximum Gasteiger partial charge on any atom is 0.307 e. The van der Waals surface area contributed by atoms with Gasteiger partial charge in [-0.25, -0.2) is 0 Å². The fourth-order valence-corrected chi connectivity index (χ4v) is 3.22. The number of benzene rings is 1. The molecule has 2 atom stereocenters. The zero-order valence-electron chi connectivity index (χ0n) is 9.23. The first-order chi connectivity index (χ1) is 8.12. The van der Waals surface area contributed by atoms with Gasteiger partial charge in [0.05, 0.1) is 19.1 Å². The Morgan fingerprint density at radius 3 is 2.47 bits per heavy atom. The van der Waals surface area contributed by atoms with Crippen LogP contribution in [0.4, 0.5) is 0 Å². The third kappa shape index (κ3) is 1.57. The molecule has 1 N–H and O–H groups in total. The second kappa shape index (κ2) is 3.72. The van der Waals surface area contributed by atoms with Crippen molar-refractivity contribution in [1.29, 1.82) is 0 Å². The first-order valence-corrected chi connectivity index (χ1v) is 6.06. The third-order valence-electron chi connectivity index (χ3n) is 4.01. The molecule has 1 aromatic rings. The smallest absolute Gasteiger partial charge is 0.307 e. The van der Waals surface area contributed by atoms with E-state index in [0.29, 0.717) is 18.2 Å². The van der Waals surface area contributed by atoms with Crippen LogP contribution in [0.1, 0.15) is 17.9 Å². The van der Waals surface area contributed by atoms with Gasteiger partial charge in [0.2, 0.25) is 0 Å². The highest BCUT2D eigenvalue weighted by Crippen LogP contribution is 2.60. The summed E-state index contributed by atoms with van der Waals surface area (Å²) in [5.41, 5.74) is 1.13. The molecular formula is C13H13ClO3. The molecule has 2 aliphatic rings. The van der Waals surface area contributed by atoms with Crippen LogP contribution in [-0.2, 0) is 9.53 Å². The molecule has 90 valence electrons. The zero-order valence-corrected chi connectivity index (χ0v) is 9.98. The minimum absolute atomic E-state index is 0.0664. The van der Waals surface area contributed by atoms with Gasteiger partial charge in [-0.1, -0.05) is 23.7 Å². The van der Waals surface area contributed by atoms with Gasteiger partial charge in [-0.3, -0.25) is 4.79 Å². The highest BCUT2D eigenvalue weighted by atomic mass is 35.5. The molecule has 0 aromatic heterocycles. The van der Waals surface area contributed by atoms with Gasteiger partial charge < -0.3 is 9.84 Å². The Labute approximate surface area is 104 Å². The monoisotopic (exact) mass is 252 g/mol. The van der Waals surface area contributed by atoms with Gasteiger partial charge in [0, 0.05) is 16.4 Å². The molecule has 2 unspecified atom stereocenters. The second-order valence-corrected chi connectivity index (χ2v) is 5.47. The standard InChI is InChI=1S/C13H13ClO3/c14-9-3-1-8(2-4-9)11-10(12(15)16)5-13(11)6-17-7-13/h1-4,10-11H,5-7H2,(H,15,16). The van der Waals surface area contributed by atoms with Crippen molar-refractivity contribution in [2.45, 2.75) is 12.3 Å². The first-order valence-electron chi connectivity index (χ1n) is 5.68. The second-order valence-electron chi connectivity index (χ2n) is 5.03. The molecule has 0 amide bonds. The summed E-state index contributed by atoms with van der Waals surface area (Å²) in [5.74, 6) is -0.909. The van der Waals surface area contributed by atoms with E-state index in [4.69, 9.17) is 16.3 Å². The summed E-state index contributed by atoms with van der Waals surface area (Å²) < 4.78 is 5.26. The molecule has 2 fully saturated rings. The molecule has 1 saturated carbocycles. The van der Waals surface area contributed by atoms with Gasteiger partial charge in [0.15, 0.2) is 0 Å². The molecule has 3 rings (SSSR count). The van der Waals surface area contributed by atoms with Crippen molar-refractivity contribution < 1.29 is 14.6 Å². The van der Waals surface area contributed by atoms with Crippen LogP contribution in [0.3, 0.4) is 0 Å². The highest BCUT2D eigenvalue weighted by Gasteiger charge is 2.61. The number of carbonyl (C=O) groups is 1. The predicted molar refractivity (Wildman–Crippen MR) is 63.2 cm³/mol. The van der Waals surface area contributed by atoms with Gasteiger partial charge in [0.1, 0.15) is 0 Å². The molecule has 1 aliphatic heterocycles. The lowest BCUT2D eigenvalue weighted by molar-refractivity contribution is -0.205. The van der Waals surface area contributed by atoms with Gasteiger partial charge in [0.25, 0.3) is 0 Å². The van der Waals surface area contributed by atoms with E-state index < -0.39 is 5.97 Å². The van der Waals surface area contributed by atoms with Crippen LogP contribution in [0.15, 0.2) is 24.3 Å². The average molecular weight is 253 g/mol. The number of hydrogen-bond donors (Lipinski definition) is 1. The van der Waals surface area contributed by atoms with E-state index >= 15 is 0 Å². The van der Waals surface area contributed by atoms with Crippen molar-refractivity contribution in [1.82, 2.24) is 0 Å². The maximum absolute atomic E-state index is 11.2. The van der Waals surface area contributed by atoms with Gasteiger partial charge in [-0.05, 0) is 24.1 Å². The van der Waals surface area contributed by atoms with Crippen LogP contribution in [0.5, 0.6) is 0 Å². The van der Waals surface area contributed by atoms with Crippen LogP contribution < -0.4 is 0 Å². The molecule has 1 spiro atoms. The van der Waals surface area contributed by atoms with E-state index in [1.54, 1.807) is 0 Å². The van der Waals surface area contributed by atoms with Crippen LogP contribution in [-0.4, -0.2) is 24.3 Å². The molecule has 1 saturated heterocycles. The lowest BCUT2D eigenvalue weighted by Crippen LogP contribution is -2.60. The number of halogens is 1. The summed E-state index contributed by atoms with van der Waals surface area (Å²) in [6.07, 6.45) is 0.732. The topological polar surface area (TPSA) is 46.5 Å². The summed E-state index contributed by atoms with van der Waals surface area (Å²) in [6.45, 7) is 1.37. The molecule has 1 aliphatic carbocycles. The van der Waals surface area contributed by atoms with Crippen LogP contribution in [0, 0.1) is 11.3 Å². The van der Waals surface area contributed by atoms with Crippen molar-refractivity contribution in [3.8, 4) is 0 Å². The van der Waals surface area contributed by atoms with Gasteiger partial charge in [-0.2, -0.15) is 0 Å². The zero-order chi connectivity index (χ0) is 12.0. The molecule has 4 heteroatoms. The minimum Gasteiger partial charge on any atom is -0.481 e. The Hall–Kier alpha value is -1.06. The maximum atomic E-state index is 11.2. The van der Waals surface area contributed by atoms with E-state index in [2.05, 4.69) is 0 Å². The van der Waals surface area contributed by atoms with Crippen molar-refractivity contribution in [2.75, 3.05) is 13.2 Å². The molecule has 1 aromatic carbocycles. The molecular weight excluding hydrogens is 240 g/mol. The van der Waals surface area contributed by atoms with E-state index in [1.807, 2.05) is 24.3 Å². The number of carboxylic acid groups (broad SMARTS) is 1. The van der Waals surface area contributed by atoms with Gasteiger partial charge in [-0.15, -0.1) is 0 Å². The van der Waals surface area contributed by atoms with Crippen molar-refractivity contribution >= 4 is 17.6 Å². The average Bonchev–Trinajstić information content (AvgIpc) is 2.17. The van der Waals surface area contributed by atoms with E-state index in [0.717, 1.165) is 12.0 Å². The molecule has 17 heavy (non-hydrogen) atoms. The number of aliphatic carboxylic acids is 1. The third-order valence-corrected chi connectivity index (χ3v) is 4.27. The molecule has 0 bridgehead atoms. The molecule has 1 heterocycles. The lowest BCUT2D eigenvalue weighted by Gasteiger charge is -2.58. The number of carboxylic acids is 1. The van der Waals surface area contributed by atoms with Crippen LogP contribution >= 0.6 is 11.6 Å². The normalized spacial score (nSPS) is 29.5. The van der Waals surface area contributed by atoms with Crippen molar-refractivity contribution in [2.24, 2.45) is 11.3 Å². The fourth-order valence-electron chi connectivity index (χ4n) is 3.10. The summed E-state index contributed by atoms with van der Waals surface area (Å²) in [4.78, 5) is 11.2. The lowest BCUT2D eigenvalue weighted by atomic mass is 9.50. The van der Waals surface area contributed by atoms with Crippen LogP contribution in [0.25, 0.3) is 0 Å². The summed E-state index contributed by atoms with van der Waals surface area (Å²) in [7, 11) is 0. The SMILES string of the molecule is O=C(O)C1CC2(COC2)C1c1ccc(Cl)cc1. The number of hydrogen-bond acceptors (Lipinski definition) is 2. The van der Waals surface area contributed by atoms with E-state index in [9.17, 15) is 9.90 Å². The summed E-state index contributed by atoms with van der Waals surface area (Å²) in [5, 5.41) is 9.88. The Morgan fingerprint density at radius 2 is 2.00 bits per heavy atom.